The molecular formula is C25H31N3O3. The fourth-order valence-corrected chi connectivity index (χ4v) is 4.35. The molecular weight excluding hydrogens is 390 g/mol. The van der Waals surface area contributed by atoms with E-state index in [1.165, 1.54) is 5.56 Å². The van der Waals surface area contributed by atoms with Crippen LogP contribution in [0, 0.1) is 6.92 Å². The number of likely N-dealkylation sites (tertiary alicyclic amines) is 1. The van der Waals surface area contributed by atoms with Gasteiger partial charge in [0.1, 0.15) is 6.04 Å². The lowest BCUT2D eigenvalue weighted by molar-refractivity contribution is -0.138. The second-order valence-corrected chi connectivity index (χ2v) is 8.61. The second-order valence-electron chi connectivity index (χ2n) is 8.61. The number of carbonyl (C=O) groups excluding carboxylic acids is 1. The number of carbonyl (C=O) groups is 1. The number of hydrogen-bond acceptors (Lipinski definition) is 4. The first-order valence-electron chi connectivity index (χ1n) is 10.9. The molecule has 1 aliphatic heterocycles. The second kappa shape index (κ2) is 9.12. The molecule has 0 spiro atoms. The van der Waals surface area contributed by atoms with Crippen molar-refractivity contribution in [2.45, 2.75) is 37.8 Å². The number of hydrogen-bond donors (Lipinski definition) is 3. The summed E-state index contributed by atoms with van der Waals surface area (Å²) >= 11 is 0. The van der Waals surface area contributed by atoms with Crippen LogP contribution in [-0.4, -0.2) is 59.3 Å². The molecule has 164 valence electrons. The van der Waals surface area contributed by atoms with E-state index in [4.69, 9.17) is 4.74 Å². The van der Waals surface area contributed by atoms with Crippen LogP contribution in [0.1, 0.15) is 24.0 Å². The zero-order valence-corrected chi connectivity index (χ0v) is 18.2. The maximum atomic E-state index is 13.5. The summed E-state index contributed by atoms with van der Waals surface area (Å²) in [7, 11) is 1.60. The number of benzene rings is 2. The Morgan fingerprint density at radius 2 is 1.90 bits per heavy atom. The summed E-state index contributed by atoms with van der Waals surface area (Å²) < 4.78 is 5.16. The Kier molecular flexibility index (Phi) is 6.30. The van der Waals surface area contributed by atoms with Crippen LogP contribution in [0.25, 0.3) is 10.9 Å². The van der Waals surface area contributed by atoms with E-state index in [1.54, 1.807) is 7.11 Å². The van der Waals surface area contributed by atoms with Gasteiger partial charge in [0, 0.05) is 49.4 Å². The summed E-state index contributed by atoms with van der Waals surface area (Å²) in [5, 5.41) is 15.2. The molecule has 1 aromatic heterocycles. The predicted molar refractivity (Wildman–Crippen MR) is 123 cm³/mol. The third kappa shape index (κ3) is 4.92. The summed E-state index contributed by atoms with van der Waals surface area (Å²) in [4.78, 5) is 18.7. The van der Waals surface area contributed by atoms with Crippen molar-refractivity contribution in [2.75, 3.05) is 32.1 Å². The number of H-pyrrole nitrogens is 1. The average molecular weight is 422 g/mol. The summed E-state index contributed by atoms with van der Waals surface area (Å²) in [5.74, 6) is 0.0605. The van der Waals surface area contributed by atoms with E-state index in [0.29, 0.717) is 39.0 Å². The molecule has 1 fully saturated rings. The van der Waals surface area contributed by atoms with Crippen molar-refractivity contribution in [1.82, 2.24) is 9.88 Å². The van der Waals surface area contributed by atoms with Gasteiger partial charge >= 0.3 is 0 Å². The van der Waals surface area contributed by atoms with Gasteiger partial charge in [-0.3, -0.25) is 4.79 Å². The van der Waals surface area contributed by atoms with Gasteiger partial charge in [-0.05, 0) is 43.5 Å². The smallest absolute Gasteiger partial charge is 0.245 e. The van der Waals surface area contributed by atoms with E-state index >= 15 is 0 Å². The molecule has 1 amide bonds. The minimum Gasteiger partial charge on any atom is -0.387 e. The van der Waals surface area contributed by atoms with E-state index in [0.717, 1.165) is 22.2 Å². The molecule has 6 heteroatoms. The normalized spacial score (nSPS) is 16.9. The first kappa shape index (κ1) is 21.4. The molecule has 0 bridgehead atoms. The van der Waals surface area contributed by atoms with E-state index < -0.39 is 11.6 Å². The van der Waals surface area contributed by atoms with Crippen LogP contribution in [0.15, 0.2) is 54.7 Å². The minimum atomic E-state index is -0.845. The maximum Gasteiger partial charge on any atom is 0.245 e. The van der Waals surface area contributed by atoms with Gasteiger partial charge in [0.2, 0.25) is 5.91 Å². The lowest BCUT2D eigenvalue weighted by Gasteiger charge is -2.39. The fourth-order valence-electron chi connectivity index (χ4n) is 4.35. The zero-order valence-electron chi connectivity index (χ0n) is 18.2. The Hall–Kier alpha value is -2.83. The standard InChI is InChI=1S/C25H31N3O3/c1-18-7-9-20(10-8-18)27-23(15-19-16-26-22-6-4-3-5-21(19)22)24(29)28-13-11-25(30,12-14-28)17-31-2/h3-10,16,23,26-27,30H,11-15,17H2,1-2H3. The number of nitrogens with zero attached hydrogens (tertiary/aromatic N) is 1. The van der Waals surface area contributed by atoms with Crippen LogP contribution < -0.4 is 5.32 Å². The fraction of sp³-hybridized carbons (Fsp3) is 0.400. The highest BCUT2D eigenvalue weighted by Crippen LogP contribution is 2.25. The van der Waals surface area contributed by atoms with Crippen LogP contribution in [0.5, 0.6) is 0 Å². The third-order valence-corrected chi connectivity index (χ3v) is 6.21. The Balaban J connectivity index is 1.54. The number of rotatable bonds is 7. The molecule has 0 radical (unpaired) electrons. The van der Waals surface area contributed by atoms with Gasteiger partial charge in [-0.25, -0.2) is 0 Å². The van der Waals surface area contributed by atoms with Gasteiger partial charge in [-0.15, -0.1) is 0 Å². The zero-order chi connectivity index (χ0) is 21.8. The van der Waals surface area contributed by atoms with Gasteiger partial charge in [0.25, 0.3) is 0 Å². The molecule has 3 aromatic rings. The maximum absolute atomic E-state index is 13.5. The monoisotopic (exact) mass is 421 g/mol. The number of anilines is 1. The Morgan fingerprint density at radius 1 is 1.19 bits per heavy atom. The van der Waals surface area contributed by atoms with Crippen LogP contribution in [0.3, 0.4) is 0 Å². The van der Waals surface area contributed by atoms with Crippen LogP contribution in [0.4, 0.5) is 5.69 Å². The Labute approximate surface area is 183 Å². The first-order chi connectivity index (χ1) is 15.0. The average Bonchev–Trinajstić information content (AvgIpc) is 3.18. The van der Waals surface area contributed by atoms with E-state index in [2.05, 4.69) is 16.4 Å². The van der Waals surface area contributed by atoms with Crippen LogP contribution in [0.2, 0.25) is 0 Å². The van der Waals surface area contributed by atoms with Crippen molar-refractivity contribution in [2.24, 2.45) is 0 Å². The highest BCUT2D eigenvalue weighted by Gasteiger charge is 2.36. The van der Waals surface area contributed by atoms with E-state index in [9.17, 15) is 9.90 Å². The molecule has 6 nitrogen and oxygen atoms in total. The number of piperidine rings is 1. The molecule has 0 aliphatic carbocycles. The SMILES string of the molecule is COCC1(O)CCN(C(=O)C(Cc2c[nH]c3ccccc23)Nc2ccc(C)cc2)CC1. The van der Waals surface area contributed by atoms with Gasteiger partial charge in [0.15, 0.2) is 0 Å². The number of aromatic amines is 1. The summed E-state index contributed by atoms with van der Waals surface area (Å²) in [6.07, 6.45) is 3.62. The van der Waals surface area contributed by atoms with Crippen molar-refractivity contribution in [3.05, 3.63) is 65.9 Å². The predicted octanol–water partition coefficient (Wildman–Crippen LogP) is 3.50. The molecule has 0 saturated carbocycles. The molecule has 2 heterocycles. The van der Waals surface area contributed by atoms with Gasteiger partial charge in [0.05, 0.1) is 12.2 Å². The number of nitrogens with one attached hydrogen (secondary N) is 2. The number of aliphatic hydroxyl groups is 1. The molecule has 31 heavy (non-hydrogen) atoms. The Bertz CT molecular complexity index is 1020. The number of amides is 1. The highest BCUT2D eigenvalue weighted by atomic mass is 16.5. The molecule has 1 saturated heterocycles. The third-order valence-electron chi connectivity index (χ3n) is 6.21. The minimum absolute atomic E-state index is 0.0605. The van der Waals surface area contributed by atoms with Crippen LogP contribution >= 0.6 is 0 Å². The summed E-state index contributed by atoms with van der Waals surface area (Å²) in [6.45, 7) is 3.40. The highest BCUT2D eigenvalue weighted by molar-refractivity contribution is 5.88. The number of methoxy groups -OCH3 is 1. The van der Waals surface area contributed by atoms with Crippen molar-refractivity contribution in [3.63, 3.8) is 0 Å². The molecule has 4 rings (SSSR count). The molecule has 1 aliphatic rings. The van der Waals surface area contributed by atoms with Crippen molar-refractivity contribution >= 4 is 22.5 Å². The van der Waals surface area contributed by atoms with Gasteiger partial charge in [-0.2, -0.15) is 0 Å². The van der Waals surface area contributed by atoms with Crippen molar-refractivity contribution < 1.29 is 14.6 Å². The van der Waals surface area contributed by atoms with Crippen LogP contribution in [-0.2, 0) is 16.0 Å². The largest absolute Gasteiger partial charge is 0.387 e. The number of ether oxygens (including phenoxy) is 1. The lowest BCUT2D eigenvalue weighted by atomic mass is 9.91. The number of para-hydroxylation sites is 1. The van der Waals surface area contributed by atoms with E-state index in [-0.39, 0.29) is 5.91 Å². The quantitative estimate of drug-likeness (QED) is 0.546. The number of aromatic nitrogens is 1. The lowest BCUT2D eigenvalue weighted by Crippen LogP contribution is -2.52. The summed E-state index contributed by atoms with van der Waals surface area (Å²) in [6, 6.07) is 15.9. The topological polar surface area (TPSA) is 77.6 Å². The number of fused-ring (bicyclic) bond motifs is 1. The first-order valence-corrected chi connectivity index (χ1v) is 10.9. The molecule has 3 N–H and O–H groups in total. The van der Waals surface area contributed by atoms with E-state index in [1.807, 2.05) is 60.5 Å². The molecule has 1 unspecified atom stereocenters. The molecule has 2 aromatic carbocycles. The number of aryl methyl sites for hydroxylation is 1. The molecule has 1 atom stereocenters. The Morgan fingerprint density at radius 3 is 2.61 bits per heavy atom. The van der Waals surface area contributed by atoms with Crippen molar-refractivity contribution in [3.8, 4) is 0 Å². The van der Waals surface area contributed by atoms with Crippen molar-refractivity contribution in [1.29, 1.82) is 0 Å². The van der Waals surface area contributed by atoms with Gasteiger partial charge in [-0.1, -0.05) is 35.9 Å². The summed E-state index contributed by atoms with van der Waals surface area (Å²) in [5.41, 5.74) is 3.45. The van der Waals surface area contributed by atoms with Gasteiger partial charge < -0.3 is 25.0 Å².